The first-order chi connectivity index (χ1) is 9.95. The number of nitrogens with one attached hydrogen (secondary N) is 2. The van der Waals surface area contributed by atoms with Crippen molar-refractivity contribution in [3.8, 4) is 0 Å². The van der Waals surface area contributed by atoms with Crippen molar-refractivity contribution in [2.24, 2.45) is 0 Å². The maximum Gasteiger partial charge on any atom is 0.240 e. The third-order valence-corrected chi connectivity index (χ3v) is 6.15. The quantitative estimate of drug-likeness (QED) is 0.886. The zero-order chi connectivity index (χ0) is 15.0. The van der Waals surface area contributed by atoms with Gasteiger partial charge in [-0.3, -0.25) is 0 Å². The zero-order valence-corrected chi connectivity index (χ0v) is 13.4. The van der Waals surface area contributed by atoms with Crippen molar-refractivity contribution in [3.05, 3.63) is 23.8 Å². The molecule has 0 bridgehead atoms. The van der Waals surface area contributed by atoms with Gasteiger partial charge in [0, 0.05) is 24.3 Å². The highest BCUT2D eigenvalue weighted by molar-refractivity contribution is 7.89. The Kier molecular flexibility index (Phi) is 3.94. The molecule has 1 fully saturated rings. The van der Waals surface area contributed by atoms with Crippen molar-refractivity contribution < 1.29 is 8.42 Å². The fourth-order valence-electron chi connectivity index (χ4n) is 3.13. The van der Waals surface area contributed by atoms with E-state index in [2.05, 4.69) is 28.9 Å². The second-order valence-electron chi connectivity index (χ2n) is 6.17. The van der Waals surface area contributed by atoms with Gasteiger partial charge in [0.2, 0.25) is 10.0 Å². The lowest BCUT2D eigenvalue weighted by Crippen LogP contribution is -2.47. The number of benzene rings is 1. The van der Waals surface area contributed by atoms with E-state index < -0.39 is 10.0 Å². The van der Waals surface area contributed by atoms with Crippen LogP contribution >= 0.6 is 0 Å². The van der Waals surface area contributed by atoms with Crippen LogP contribution in [0.25, 0.3) is 0 Å². The largest absolute Gasteiger partial charge is 0.384 e. The number of piperidine rings is 1. The molecule has 2 N–H and O–H groups in total. The number of likely N-dealkylation sites (tertiary alicyclic amines) is 1. The Balaban J connectivity index is 1.75. The fraction of sp³-hybridized carbons (Fsp3) is 0.600. The lowest BCUT2D eigenvalue weighted by Gasteiger charge is -2.35. The molecule has 2 unspecified atom stereocenters. The summed E-state index contributed by atoms with van der Waals surface area (Å²) in [6.45, 7) is 3.96. The summed E-state index contributed by atoms with van der Waals surface area (Å²) in [5, 5.41) is 3.25. The molecule has 1 saturated heterocycles. The van der Waals surface area contributed by atoms with Crippen molar-refractivity contribution >= 4 is 15.7 Å². The van der Waals surface area contributed by atoms with Gasteiger partial charge in [0.15, 0.2) is 0 Å². The summed E-state index contributed by atoms with van der Waals surface area (Å²) in [7, 11) is -1.33. The van der Waals surface area contributed by atoms with Crippen LogP contribution in [0.2, 0.25) is 0 Å². The third kappa shape index (κ3) is 3.07. The van der Waals surface area contributed by atoms with E-state index in [4.69, 9.17) is 0 Å². The lowest BCUT2D eigenvalue weighted by molar-refractivity contribution is 0.178. The topological polar surface area (TPSA) is 61.4 Å². The molecule has 5 nitrogen and oxygen atoms in total. The Labute approximate surface area is 126 Å². The molecule has 0 aromatic heterocycles. The average Bonchev–Trinajstić information content (AvgIpc) is 2.90. The van der Waals surface area contributed by atoms with Crippen LogP contribution in [0.5, 0.6) is 0 Å². The summed E-state index contributed by atoms with van der Waals surface area (Å²) in [4.78, 5) is 2.66. The maximum absolute atomic E-state index is 12.5. The summed E-state index contributed by atoms with van der Waals surface area (Å²) in [6.07, 6.45) is 2.62. The van der Waals surface area contributed by atoms with Gasteiger partial charge in [0.25, 0.3) is 0 Å². The number of fused-ring (bicyclic) bond motifs is 1. The Morgan fingerprint density at radius 1 is 1.38 bits per heavy atom. The number of rotatable bonds is 3. The minimum Gasteiger partial charge on any atom is -0.384 e. The maximum atomic E-state index is 12.5. The first kappa shape index (κ1) is 14.8. The predicted octanol–water partition coefficient (Wildman–Crippen LogP) is 1.42. The molecular formula is C15H23N3O2S. The Bertz CT molecular complexity index is 630. The van der Waals surface area contributed by atoms with E-state index in [1.54, 1.807) is 12.1 Å². The monoisotopic (exact) mass is 309 g/mol. The molecule has 0 spiro atoms. The highest BCUT2D eigenvalue weighted by Gasteiger charge is 2.27. The molecule has 6 heteroatoms. The lowest BCUT2D eigenvalue weighted by atomic mass is 10.0. The summed E-state index contributed by atoms with van der Waals surface area (Å²) >= 11 is 0. The van der Waals surface area contributed by atoms with Crippen molar-refractivity contribution in [3.63, 3.8) is 0 Å². The van der Waals surface area contributed by atoms with E-state index in [9.17, 15) is 8.42 Å². The minimum absolute atomic E-state index is 0.0348. The SMILES string of the molecule is CC1CC(NS(=O)(=O)c2ccc3c(c2)CCN3)CCN1C. The Morgan fingerprint density at radius 2 is 2.19 bits per heavy atom. The smallest absolute Gasteiger partial charge is 0.240 e. The number of hydrogen-bond acceptors (Lipinski definition) is 4. The van der Waals surface area contributed by atoms with Gasteiger partial charge >= 0.3 is 0 Å². The van der Waals surface area contributed by atoms with Gasteiger partial charge < -0.3 is 10.2 Å². The van der Waals surface area contributed by atoms with E-state index in [0.717, 1.165) is 43.6 Å². The van der Waals surface area contributed by atoms with Crippen LogP contribution in [0.4, 0.5) is 5.69 Å². The number of anilines is 1. The first-order valence-electron chi connectivity index (χ1n) is 7.55. The van der Waals surface area contributed by atoms with E-state index in [-0.39, 0.29) is 6.04 Å². The number of hydrogen-bond donors (Lipinski definition) is 2. The third-order valence-electron chi connectivity index (χ3n) is 4.63. The molecule has 2 heterocycles. The summed E-state index contributed by atoms with van der Waals surface area (Å²) in [6, 6.07) is 5.81. The molecule has 1 aromatic rings. The second kappa shape index (κ2) is 5.59. The number of sulfonamides is 1. The molecule has 3 rings (SSSR count). The van der Waals surface area contributed by atoms with Gasteiger partial charge in [-0.15, -0.1) is 0 Å². The fourth-order valence-corrected chi connectivity index (χ4v) is 4.47. The van der Waals surface area contributed by atoms with Crippen LogP contribution in [0, 0.1) is 0 Å². The zero-order valence-electron chi connectivity index (χ0n) is 12.6. The van der Waals surface area contributed by atoms with Crippen LogP contribution in [0.3, 0.4) is 0 Å². The summed E-state index contributed by atoms with van der Waals surface area (Å²) in [5.41, 5.74) is 2.15. The molecule has 21 heavy (non-hydrogen) atoms. The molecule has 116 valence electrons. The van der Waals surface area contributed by atoms with Crippen LogP contribution in [0.15, 0.2) is 23.1 Å². The number of nitrogens with zero attached hydrogens (tertiary/aromatic N) is 1. The van der Waals surface area contributed by atoms with Gasteiger partial charge in [0.1, 0.15) is 0 Å². The molecule has 2 atom stereocenters. The average molecular weight is 309 g/mol. The molecule has 1 aromatic carbocycles. The van der Waals surface area contributed by atoms with Crippen LogP contribution in [0.1, 0.15) is 25.3 Å². The molecule has 0 saturated carbocycles. The van der Waals surface area contributed by atoms with E-state index in [1.165, 1.54) is 0 Å². The minimum atomic E-state index is -3.42. The molecule has 0 aliphatic carbocycles. The molecular weight excluding hydrogens is 286 g/mol. The van der Waals surface area contributed by atoms with E-state index >= 15 is 0 Å². The molecule has 0 amide bonds. The van der Waals surface area contributed by atoms with Crippen molar-refractivity contribution in [2.75, 3.05) is 25.5 Å². The summed E-state index contributed by atoms with van der Waals surface area (Å²) in [5.74, 6) is 0. The molecule has 0 radical (unpaired) electrons. The van der Waals surface area contributed by atoms with Gasteiger partial charge in [-0.1, -0.05) is 0 Å². The highest BCUT2D eigenvalue weighted by atomic mass is 32.2. The first-order valence-corrected chi connectivity index (χ1v) is 9.03. The van der Waals surface area contributed by atoms with Crippen LogP contribution < -0.4 is 10.0 Å². The van der Waals surface area contributed by atoms with Gasteiger partial charge in [-0.25, -0.2) is 13.1 Å². The molecule has 2 aliphatic heterocycles. The summed E-state index contributed by atoms with van der Waals surface area (Å²) < 4.78 is 28.0. The standard InChI is InChI=1S/C15H23N3O2S/c1-11-9-13(6-8-18(11)2)17-21(19,20)14-3-4-15-12(10-14)5-7-16-15/h3-4,10-11,13,16-17H,5-9H2,1-2H3. The van der Waals surface area contributed by atoms with Gasteiger partial charge in [-0.2, -0.15) is 0 Å². The van der Waals surface area contributed by atoms with Crippen LogP contribution in [-0.4, -0.2) is 45.5 Å². The van der Waals surface area contributed by atoms with E-state index in [0.29, 0.717) is 10.9 Å². The van der Waals surface area contributed by atoms with Crippen LogP contribution in [-0.2, 0) is 16.4 Å². The van der Waals surface area contributed by atoms with Gasteiger partial charge in [-0.05, 0) is 63.5 Å². The highest BCUT2D eigenvalue weighted by Crippen LogP contribution is 2.25. The molecule has 2 aliphatic rings. The normalized spacial score (nSPS) is 26.4. The predicted molar refractivity (Wildman–Crippen MR) is 84.1 cm³/mol. The Morgan fingerprint density at radius 3 is 2.95 bits per heavy atom. The van der Waals surface area contributed by atoms with Crippen molar-refractivity contribution in [1.29, 1.82) is 0 Å². The van der Waals surface area contributed by atoms with Gasteiger partial charge in [0.05, 0.1) is 4.90 Å². The van der Waals surface area contributed by atoms with Crippen molar-refractivity contribution in [1.82, 2.24) is 9.62 Å². The second-order valence-corrected chi connectivity index (χ2v) is 7.88. The Hall–Kier alpha value is -1.11. The van der Waals surface area contributed by atoms with Crippen molar-refractivity contribution in [2.45, 2.75) is 43.2 Å². The van der Waals surface area contributed by atoms with E-state index in [1.807, 2.05) is 6.07 Å².